The lowest BCUT2D eigenvalue weighted by Crippen LogP contribution is -2.83. The number of hydrogen-bond donors (Lipinski definition) is 2. The molecule has 2 unspecified atom stereocenters. The van der Waals surface area contributed by atoms with Crippen LogP contribution in [-0.2, 0) is 0 Å². The Morgan fingerprint density at radius 1 is 1.05 bits per heavy atom. The lowest BCUT2D eigenvalue weighted by molar-refractivity contribution is -0.209. The molecule has 1 saturated carbocycles. The summed E-state index contributed by atoms with van der Waals surface area (Å²) < 4.78 is 2.09. The molecular weight excluding hydrogens is 482 g/mol. The molecule has 0 bridgehead atoms. The molecule has 2 N–H and O–H groups in total. The van der Waals surface area contributed by atoms with E-state index in [9.17, 15) is 14.7 Å². The second kappa shape index (κ2) is 8.57. The first-order valence-electron chi connectivity index (χ1n) is 13.7. The molecule has 3 aromatic rings. The standard InChI is InChI=1S/C28H33N7O3/c1-33(2)26(38)22-9-17-15-30-27(32-25(17)34(22)18-5-3-4-6-18)31-23-8-7-16(14-29-23)24(37)28-12-19-10-21(36)11-20(13-28)35(19)28/h7-9,14-15,18-21,36H,3-6,10-13H2,1-2H3,(H,29,30,31,32)/t19-,20?,21+,28?/m1/s1. The molecule has 0 aromatic carbocycles. The lowest BCUT2D eigenvalue weighted by atomic mass is 9.57. The Bertz CT molecular complexity index is 1410. The molecule has 4 atom stereocenters. The van der Waals surface area contributed by atoms with Gasteiger partial charge in [0.1, 0.15) is 17.2 Å². The van der Waals surface area contributed by atoms with Gasteiger partial charge in [0, 0.05) is 55.6 Å². The maximum atomic E-state index is 13.4. The highest BCUT2D eigenvalue weighted by Crippen LogP contribution is 2.57. The van der Waals surface area contributed by atoms with Crippen LogP contribution in [0.3, 0.4) is 0 Å². The van der Waals surface area contributed by atoms with Crippen molar-refractivity contribution < 1.29 is 14.7 Å². The highest BCUT2D eigenvalue weighted by Gasteiger charge is 2.68. The maximum Gasteiger partial charge on any atom is 0.270 e. The molecule has 3 aliphatic heterocycles. The van der Waals surface area contributed by atoms with E-state index in [-0.39, 0.29) is 23.8 Å². The van der Waals surface area contributed by atoms with Crippen LogP contribution in [0.1, 0.15) is 78.3 Å². The summed E-state index contributed by atoms with van der Waals surface area (Å²) in [6.45, 7) is 0. The number of Topliss-reactive ketones (excluding diaryl/α,β-unsaturated/α-hetero) is 1. The third-order valence-electron chi connectivity index (χ3n) is 9.10. The predicted molar refractivity (Wildman–Crippen MR) is 142 cm³/mol. The number of pyridine rings is 1. The number of piperidine rings is 2. The number of rotatable bonds is 6. The number of hydrogen-bond acceptors (Lipinski definition) is 8. The number of carbonyl (C=O) groups is 2. The van der Waals surface area contributed by atoms with Crippen molar-refractivity contribution in [3.63, 3.8) is 0 Å². The van der Waals surface area contributed by atoms with Gasteiger partial charge in [-0.25, -0.2) is 9.97 Å². The van der Waals surface area contributed by atoms with Gasteiger partial charge < -0.3 is 19.9 Å². The molecule has 0 radical (unpaired) electrons. The second-order valence-corrected chi connectivity index (χ2v) is 11.7. The summed E-state index contributed by atoms with van der Waals surface area (Å²) in [4.78, 5) is 44.0. The number of ketones is 1. The van der Waals surface area contributed by atoms with E-state index in [1.54, 1.807) is 37.5 Å². The maximum absolute atomic E-state index is 13.4. The van der Waals surface area contributed by atoms with E-state index in [1.165, 1.54) is 0 Å². The molecule has 10 heteroatoms. The van der Waals surface area contributed by atoms with Crippen LogP contribution >= 0.6 is 0 Å². The Balaban J connectivity index is 1.12. The van der Waals surface area contributed by atoms with Crippen molar-refractivity contribution in [2.75, 3.05) is 19.4 Å². The number of aromatic nitrogens is 4. The molecule has 3 saturated heterocycles. The highest BCUT2D eigenvalue weighted by atomic mass is 16.3. The third-order valence-corrected chi connectivity index (χ3v) is 9.10. The first-order valence-corrected chi connectivity index (χ1v) is 13.7. The molecule has 6 heterocycles. The van der Waals surface area contributed by atoms with Gasteiger partial charge in [-0.15, -0.1) is 0 Å². The molecule has 7 rings (SSSR count). The highest BCUT2D eigenvalue weighted by molar-refractivity contribution is 6.05. The van der Waals surface area contributed by atoms with E-state index >= 15 is 0 Å². The molecule has 3 aromatic heterocycles. The molecular formula is C28H33N7O3. The van der Waals surface area contributed by atoms with Crippen molar-refractivity contribution in [1.29, 1.82) is 0 Å². The van der Waals surface area contributed by atoms with Crippen LogP contribution in [0.5, 0.6) is 0 Å². The van der Waals surface area contributed by atoms with Gasteiger partial charge in [0.25, 0.3) is 5.91 Å². The quantitative estimate of drug-likeness (QED) is 0.481. The van der Waals surface area contributed by atoms with Gasteiger partial charge in [0.15, 0.2) is 5.78 Å². The van der Waals surface area contributed by atoms with Crippen LogP contribution in [0.2, 0.25) is 0 Å². The number of amides is 1. The summed E-state index contributed by atoms with van der Waals surface area (Å²) in [7, 11) is 3.53. The van der Waals surface area contributed by atoms with Crippen LogP contribution < -0.4 is 5.32 Å². The van der Waals surface area contributed by atoms with Gasteiger partial charge in [-0.1, -0.05) is 12.8 Å². The summed E-state index contributed by atoms with van der Waals surface area (Å²) in [6.07, 6.45) is 10.7. The monoisotopic (exact) mass is 515 g/mol. The fourth-order valence-electron chi connectivity index (χ4n) is 7.44. The number of nitrogens with zero attached hydrogens (tertiary/aromatic N) is 6. The van der Waals surface area contributed by atoms with Crippen molar-refractivity contribution in [3.05, 3.63) is 41.9 Å². The summed E-state index contributed by atoms with van der Waals surface area (Å²) in [5, 5.41) is 14.0. The SMILES string of the molecule is CN(C)C(=O)c1cc2cnc(Nc3ccc(C(=O)C45CC6C[C@@H](O)C[C@H](C4)N65)cn3)nc2n1C1CCCC1. The molecule has 1 aliphatic carbocycles. The smallest absolute Gasteiger partial charge is 0.270 e. The minimum absolute atomic E-state index is 0.0397. The Morgan fingerprint density at radius 3 is 2.45 bits per heavy atom. The van der Waals surface area contributed by atoms with Crippen LogP contribution in [-0.4, -0.2) is 83.9 Å². The molecule has 0 spiro atoms. The van der Waals surface area contributed by atoms with E-state index < -0.39 is 5.54 Å². The van der Waals surface area contributed by atoms with Gasteiger partial charge in [-0.2, -0.15) is 4.98 Å². The van der Waals surface area contributed by atoms with Crippen LogP contribution in [0.15, 0.2) is 30.6 Å². The number of fused-ring (bicyclic) bond motifs is 1. The molecule has 38 heavy (non-hydrogen) atoms. The molecule has 4 fully saturated rings. The van der Waals surface area contributed by atoms with Crippen molar-refractivity contribution in [3.8, 4) is 0 Å². The minimum atomic E-state index is -0.395. The fourth-order valence-corrected chi connectivity index (χ4v) is 7.44. The average Bonchev–Trinajstić information content (AvgIpc) is 3.53. The zero-order chi connectivity index (χ0) is 26.2. The molecule has 10 nitrogen and oxygen atoms in total. The van der Waals surface area contributed by atoms with Gasteiger partial charge in [-0.3, -0.25) is 14.5 Å². The number of nitrogens with one attached hydrogen (secondary N) is 1. The van der Waals surface area contributed by atoms with Crippen molar-refractivity contribution in [2.24, 2.45) is 0 Å². The largest absolute Gasteiger partial charge is 0.393 e. The lowest BCUT2D eigenvalue weighted by Gasteiger charge is -2.72. The number of anilines is 2. The van der Waals surface area contributed by atoms with E-state index in [0.29, 0.717) is 35.1 Å². The summed E-state index contributed by atoms with van der Waals surface area (Å²) in [6, 6.07) is 6.41. The zero-order valence-electron chi connectivity index (χ0n) is 21.8. The van der Waals surface area contributed by atoms with E-state index in [0.717, 1.165) is 62.4 Å². The first kappa shape index (κ1) is 23.7. The van der Waals surface area contributed by atoms with Crippen molar-refractivity contribution in [1.82, 2.24) is 29.3 Å². The molecule has 198 valence electrons. The summed E-state index contributed by atoms with van der Waals surface area (Å²) in [5.41, 5.74) is 1.60. The average molecular weight is 516 g/mol. The number of carbonyl (C=O) groups excluding carboxylic acids is 2. The molecule has 1 amide bonds. The second-order valence-electron chi connectivity index (χ2n) is 11.7. The van der Waals surface area contributed by atoms with E-state index in [1.807, 2.05) is 12.1 Å². The first-order chi connectivity index (χ1) is 18.3. The van der Waals surface area contributed by atoms with E-state index in [2.05, 4.69) is 24.8 Å². The Labute approximate surface area is 221 Å². The molecule has 4 aliphatic rings. The van der Waals surface area contributed by atoms with Crippen LogP contribution in [0.4, 0.5) is 11.8 Å². The summed E-state index contributed by atoms with van der Waals surface area (Å²) in [5.74, 6) is 1.05. The van der Waals surface area contributed by atoms with Gasteiger partial charge in [0.2, 0.25) is 5.95 Å². The van der Waals surface area contributed by atoms with Gasteiger partial charge >= 0.3 is 0 Å². The summed E-state index contributed by atoms with van der Waals surface area (Å²) >= 11 is 0. The predicted octanol–water partition coefficient (Wildman–Crippen LogP) is 3.31. The normalized spacial score (nSPS) is 28.4. The third kappa shape index (κ3) is 3.50. The Kier molecular flexibility index (Phi) is 5.35. The number of aliphatic hydroxyl groups excluding tert-OH is 1. The van der Waals surface area contributed by atoms with Crippen LogP contribution in [0.25, 0.3) is 11.0 Å². The zero-order valence-corrected chi connectivity index (χ0v) is 21.8. The Hall–Kier alpha value is -3.37. The topological polar surface area (TPSA) is 116 Å². The fraction of sp³-hybridized carbons (Fsp3) is 0.536. The van der Waals surface area contributed by atoms with Crippen molar-refractivity contribution >= 4 is 34.5 Å². The minimum Gasteiger partial charge on any atom is -0.393 e. The van der Waals surface area contributed by atoms with E-state index in [4.69, 9.17) is 4.98 Å². The van der Waals surface area contributed by atoms with Gasteiger partial charge in [-0.05, 0) is 56.7 Å². The van der Waals surface area contributed by atoms with Crippen LogP contribution in [0, 0.1) is 0 Å². The number of aliphatic hydroxyl groups is 1. The Morgan fingerprint density at radius 2 is 1.79 bits per heavy atom. The van der Waals surface area contributed by atoms with Crippen molar-refractivity contribution in [2.45, 2.75) is 81.1 Å². The van der Waals surface area contributed by atoms with Gasteiger partial charge in [0.05, 0.1) is 11.6 Å².